The molecule has 1 N–H and O–H groups in total. The molecule has 1 rings (SSSR count). The Labute approximate surface area is 66.3 Å². The molecule has 0 saturated carbocycles. The molecular weight excluding hydrogens is 294 g/mol. The summed E-state index contributed by atoms with van der Waals surface area (Å²) < 4.78 is -0.368. The third-order valence-corrected chi connectivity index (χ3v) is 1.54. The number of hydroxylamine groups is 1. The minimum absolute atomic E-state index is 0.368. The first kappa shape index (κ1) is 6.48. The van der Waals surface area contributed by atoms with Crippen LogP contribution < -0.4 is 5.48 Å². The number of halogens is 3. The molecule has 0 amide bonds. The van der Waals surface area contributed by atoms with Crippen LogP contribution in [0, 0.1) is 6.23 Å². The van der Waals surface area contributed by atoms with Gasteiger partial charge in [-0.1, -0.05) is 47.8 Å². The van der Waals surface area contributed by atoms with Gasteiger partial charge < -0.3 is 0 Å². The summed E-state index contributed by atoms with van der Waals surface area (Å²) in [5.41, 5.74) is 2.55. The number of rotatable bonds is 0. The van der Waals surface area contributed by atoms with Gasteiger partial charge in [0.1, 0.15) is 0 Å². The van der Waals surface area contributed by atoms with Crippen molar-refractivity contribution in [3.8, 4) is 0 Å². The first-order valence-electron chi connectivity index (χ1n) is 1.48. The molecule has 1 aliphatic rings. The lowest BCUT2D eigenvalue weighted by molar-refractivity contribution is 0.411. The van der Waals surface area contributed by atoms with E-state index in [0.29, 0.717) is 0 Å². The fourth-order valence-corrected chi connectivity index (χ4v) is 0.627. The molecule has 1 radical (unpaired) electrons. The molecule has 7 heavy (non-hydrogen) atoms. The van der Waals surface area contributed by atoms with Crippen molar-refractivity contribution in [3.05, 3.63) is 6.23 Å². The maximum absolute atomic E-state index is 4.60. The van der Waals surface area contributed by atoms with Crippen molar-refractivity contribution in [2.24, 2.45) is 0 Å². The van der Waals surface area contributed by atoms with E-state index in [2.05, 4.69) is 58.1 Å². The fourth-order valence-electron chi connectivity index (χ4n) is 0.141. The van der Waals surface area contributed by atoms with Gasteiger partial charge in [-0.2, -0.15) is 5.48 Å². The van der Waals surface area contributed by atoms with Crippen molar-refractivity contribution in [3.63, 3.8) is 0 Å². The van der Waals surface area contributed by atoms with Crippen LogP contribution in [-0.2, 0) is 4.84 Å². The second kappa shape index (κ2) is 1.95. The van der Waals surface area contributed by atoms with E-state index in [1.165, 1.54) is 0 Å². The van der Waals surface area contributed by atoms with Crippen molar-refractivity contribution in [2.75, 3.05) is 0 Å². The van der Waals surface area contributed by atoms with Gasteiger partial charge in [-0.3, -0.25) is 4.84 Å². The quantitative estimate of drug-likeness (QED) is 0.546. The Bertz CT molecular complexity index is 75.5. The van der Waals surface area contributed by atoms with Crippen LogP contribution in [0.1, 0.15) is 0 Å². The van der Waals surface area contributed by atoms with Crippen LogP contribution in [0.25, 0.3) is 0 Å². The third-order valence-electron chi connectivity index (χ3n) is 0.462. The largest absolute Gasteiger partial charge is 0.266 e. The normalized spacial score (nSPS) is 22.7. The zero-order valence-electron chi connectivity index (χ0n) is 3.04. The lowest BCUT2D eigenvalue weighted by Gasteiger charge is -2.00. The van der Waals surface area contributed by atoms with E-state index in [4.69, 9.17) is 0 Å². The Morgan fingerprint density at radius 2 is 1.86 bits per heavy atom. The molecule has 0 unspecified atom stereocenters. The highest BCUT2D eigenvalue weighted by molar-refractivity contribution is 9.39. The van der Waals surface area contributed by atoms with Crippen LogP contribution in [0.4, 0.5) is 0 Å². The fraction of sp³-hybridized carbons (Fsp3) is 0.500. The average Bonchev–Trinajstić information content (AvgIpc) is 1.99. The Balaban J connectivity index is 2.36. The Morgan fingerprint density at radius 3 is 1.86 bits per heavy atom. The molecule has 0 atom stereocenters. The second-order valence-electron chi connectivity index (χ2n) is 1.03. The Kier molecular flexibility index (Phi) is 1.80. The Morgan fingerprint density at radius 1 is 1.43 bits per heavy atom. The van der Waals surface area contributed by atoms with E-state index in [-0.39, 0.29) is 2.14 Å². The predicted molar refractivity (Wildman–Crippen MR) is 37.0 cm³/mol. The molecule has 0 aliphatic carbocycles. The Hall–Kier alpha value is 1.36. The van der Waals surface area contributed by atoms with Crippen molar-refractivity contribution < 1.29 is 4.84 Å². The molecular formula is C2HBr3NO. The van der Waals surface area contributed by atoms with E-state index in [0.717, 1.165) is 6.23 Å². The SMILES string of the molecule is BrC(Br)(Br)[C]1NO1. The molecule has 0 bridgehead atoms. The summed E-state index contributed by atoms with van der Waals surface area (Å²) in [7, 11) is 0. The standard InChI is InChI=1S/C2HBr3NO/c3-2(4,5)1-6-7-1/h6H. The average molecular weight is 295 g/mol. The van der Waals surface area contributed by atoms with Crippen molar-refractivity contribution in [2.45, 2.75) is 2.14 Å². The summed E-state index contributed by atoms with van der Waals surface area (Å²) in [4.78, 5) is 4.60. The number of hydrogen-bond acceptors (Lipinski definition) is 2. The molecule has 41 valence electrons. The summed E-state index contributed by atoms with van der Waals surface area (Å²) in [5, 5.41) is 0. The minimum atomic E-state index is -0.368. The van der Waals surface area contributed by atoms with Gasteiger partial charge in [-0.05, 0) is 0 Å². The molecule has 0 aromatic heterocycles. The number of nitrogens with one attached hydrogen (secondary N) is 1. The monoisotopic (exact) mass is 292 g/mol. The molecule has 1 fully saturated rings. The van der Waals surface area contributed by atoms with Gasteiger partial charge in [0.25, 0.3) is 0 Å². The van der Waals surface area contributed by atoms with E-state index in [9.17, 15) is 0 Å². The number of alkyl halides is 3. The lowest BCUT2D eigenvalue weighted by Crippen LogP contribution is -2.02. The molecule has 1 saturated heterocycles. The van der Waals surface area contributed by atoms with E-state index >= 15 is 0 Å². The van der Waals surface area contributed by atoms with Crippen LogP contribution >= 0.6 is 47.8 Å². The zero-order chi connectivity index (χ0) is 5.49. The summed E-state index contributed by atoms with van der Waals surface area (Å²) in [6.45, 7) is 0. The predicted octanol–water partition coefficient (Wildman–Crippen LogP) is 1.85. The third kappa shape index (κ3) is 1.97. The zero-order valence-corrected chi connectivity index (χ0v) is 7.80. The van der Waals surface area contributed by atoms with Crippen LogP contribution in [0.5, 0.6) is 0 Å². The number of hydrogen-bond donors (Lipinski definition) is 1. The van der Waals surface area contributed by atoms with Gasteiger partial charge >= 0.3 is 0 Å². The lowest BCUT2D eigenvalue weighted by atomic mass is 10.8. The summed E-state index contributed by atoms with van der Waals surface area (Å²) in [5.74, 6) is 0. The second-order valence-corrected chi connectivity index (χ2v) is 7.79. The van der Waals surface area contributed by atoms with E-state index in [1.54, 1.807) is 0 Å². The first-order valence-corrected chi connectivity index (χ1v) is 3.85. The highest BCUT2D eigenvalue weighted by Crippen LogP contribution is 2.45. The van der Waals surface area contributed by atoms with Crippen molar-refractivity contribution in [1.82, 2.24) is 5.48 Å². The molecule has 0 aromatic rings. The van der Waals surface area contributed by atoms with Crippen LogP contribution in [-0.4, -0.2) is 2.14 Å². The minimum Gasteiger partial charge on any atom is -0.266 e. The van der Waals surface area contributed by atoms with Gasteiger partial charge in [-0.15, -0.1) is 0 Å². The topological polar surface area (TPSA) is 34.5 Å². The molecule has 1 aliphatic heterocycles. The van der Waals surface area contributed by atoms with Crippen molar-refractivity contribution >= 4 is 47.8 Å². The van der Waals surface area contributed by atoms with Crippen LogP contribution in [0.2, 0.25) is 0 Å². The van der Waals surface area contributed by atoms with E-state index in [1.807, 2.05) is 0 Å². The van der Waals surface area contributed by atoms with Gasteiger partial charge in [0.05, 0.1) is 0 Å². The van der Waals surface area contributed by atoms with E-state index < -0.39 is 0 Å². The molecule has 0 aromatic carbocycles. The summed E-state index contributed by atoms with van der Waals surface area (Å²) in [6.07, 6.45) is 0.743. The smallest absolute Gasteiger partial charge is 0.246 e. The molecule has 5 heteroatoms. The summed E-state index contributed by atoms with van der Waals surface area (Å²) >= 11 is 9.64. The molecule has 2 nitrogen and oxygen atoms in total. The van der Waals surface area contributed by atoms with Gasteiger partial charge in [0.2, 0.25) is 6.23 Å². The molecule has 1 heterocycles. The van der Waals surface area contributed by atoms with Crippen LogP contribution in [0.15, 0.2) is 0 Å². The van der Waals surface area contributed by atoms with Crippen molar-refractivity contribution in [1.29, 1.82) is 0 Å². The maximum Gasteiger partial charge on any atom is 0.246 e. The highest BCUT2D eigenvalue weighted by Gasteiger charge is 2.43. The first-order chi connectivity index (χ1) is 3.11. The highest BCUT2D eigenvalue weighted by atomic mass is 80.0. The summed E-state index contributed by atoms with van der Waals surface area (Å²) in [6, 6.07) is 0. The molecule has 0 spiro atoms. The van der Waals surface area contributed by atoms with Gasteiger partial charge in [-0.25, -0.2) is 0 Å². The maximum atomic E-state index is 4.60. The van der Waals surface area contributed by atoms with Gasteiger partial charge in [0, 0.05) is 0 Å². The van der Waals surface area contributed by atoms with Crippen LogP contribution in [0.3, 0.4) is 0 Å². The van der Waals surface area contributed by atoms with Gasteiger partial charge in [0.15, 0.2) is 2.14 Å².